The SMILES string of the molecule is CCOc1cccc(-c2noc([C@@H]3CCCCN3)n2)c1. The molecule has 2 aromatic rings. The molecule has 0 amide bonds. The van der Waals surface area contributed by atoms with Gasteiger partial charge in [0.2, 0.25) is 11.7 Å². The number of nitrogens with zero attached hydrogens (tertiary/aromatic N) is 2. The number of rotatable bonds is 4. The van der Waals surface area contributed by atoms with Gasteiger partial charge >= 0.3 is 0 Å². The minimum atomic E-state index is 0.195. The molecule has 0 radical (unpaired) electrons. The first-order chi connectivity index (χ1) is 9.86. The fraction of sp³-hybridized carbons (Fsp3) is 0.467. The zero-order valence-electron chi connectivity index (χ0n) is 11.6. The summed E-state index contributed by atoms with van der Waals surface area (Å²) >= 11 is 0. The van der Waals surface area contributed by atoms with Crippen LogP contribution in [0.15, 0.2) is 28.8 Å². The van der Waals surface area contributed by atoms with Gasteiger partial charge in [-0.3, -0.25) is 0 Å². The Morgan fingerprint density at radius 3 is 3.15 bits per heavy atom. The van der Waals surface area contributed by atoms with Crippen molar-refractivity contribution in [2.45, 2.75) is 32.2 Å². The smallest absolute Gasteiger partial charge is 0.244 e. The summed E-state index contributed by atoms with van der Waals surface area (Å²) < 4.78 is 10.9. The fourth-order valence-corrected chi connectivity index (χ4v) is 2.45. The number of ether oxygens (including phenoxy) is 1. The third kappa shape index (κ3) is 2.82. The second-order valence-corrected chi connectivity index (χ2v) is 4.92. The van der Waals surface area contributed by atoms with Crippen LogP contribution in [0, 0.1) is 0 Å². The maximum absolute atomic E-state index is 5.49. The first-order valence-corrected chi connectivity index (χ1v) is 7.17. The van der Waals surface area contributed by atoms with Crippen molar-refractivity contribution in [2.24, 2.45) is 0 Å². The number of hydrogen-bond donors (Lipinski definition) is 1. The summed E-state index contributed by atoms with van der Waals surface area (Å²) in [5, 5.41) is 7.49. The van der Waals surface area contributed by atoms with E-state index in [9.17, 15) is 0 Å². The van der Waals surface area contributed by atoms with Gasteiger partial charge in [-0.05, 0) is 38.4 Å². The predicted molar refractivity (Wildman–Crippen MR) is 75.5 cm³/mol. The van der Waals surface area contributed by atoms with Crippen LogP contribution < -0.4 is 10.1 Å². The second-order valence-electron chi connectivity index (χ2n) is 4.92. The number of nitrogens with one attached hydrogen (secondary N) is 1. The molecule has 2 heterocycles. The Labute approximate surface area is 118 Å². The van der Waals surface area contributed by atoms with Gasteiger partial charge in [0, 0.05) is 5.56 Å². The van der Waals surface area contributed by atoms with E-state index in [1.165, 1.54) is 12.8 Å². The maximum Gasteiger partial charge on any atom is 0.244 e. The molecule has 5 nitrogen and oxygen atoms in total. The quantitative estimate of drug-likeness (QED) is 0.928. The molecule has 1 aliphatic heterocycles. The van der Waals surface area contributed by atoms with Crippen LogP contribution in [0.4, 0.5) is 0 Å². The summed E-state index contributed by atoms with van der Waals surface area (Å²) in [5.74, 6) is 2.13. The molecule has 1 aliphatic rings. The Bertz CT molecular complexity index is 562. The van der Waals surface area contributed by atoms with Crippen LogP contribution in [0.3, 0.4) is 0 Å². The second kappa shape index (κ2) is 6.05. The van der Waals surface area contributed by atoms with Crippen molar-refractivity contribution in [3.8, 4) is 17.1 Å². The van der Waals surface area contributed by atoms with Crippen molar-refractivity contribution in [1.82, 2.24) is 15.5 Å². The number of piperidine rings is 1. The summed E-state index contributed by atoms with van der Waals surface area (Å²) in [6.45, 7) is 3.63. The average molecular weight is 273 g/mol. The van der Waals surface area contributed by atoms with Gasteiger partial charge in [-0.25, -0.2) is 0 Å². The van der Waals surface area contributed by atoms with E-state index in [1.54, 1.807) is 0 Å². The van der Waals surface area contributed by atoms with Crippen molar-refractivity contribution in [3.63, 3.8) is 0 Å². The van der Waals surface area contributed by atoms with E-state index >= 15 is 0 Å². The summed E-state index contributed by atoms with van der Waals surface area (Å²) in [6, 6.07) is 7.96. The van der Waals surface area contributed by atoms with E-state index in [2.05, 4.69) is 15.5 Å². The van der Waals surface area contributed by atoms with Gasteiger partial charge < -0.3 is 14.6 Å². The minimum absolute atomic E-state index is 0.195. The van der Waals surface area contributed by atoms with E-state index in [0.29, 0.717) is 18.3 Å². The Balaban J connectivity index is 1.80. The third-order valence-corrected chi connectivity index (χ3v) is 3.45. The van der Waals surface area contributed by atoms with E-state index in [1.807, 2.05) is 31.2 Å². The van der Waals surface area contributed by atoms with Crippen molar-refractivity contribution in [1.29, 1.82) is 0 Å². The normalized spacial score (nSPS) is 18.9. The minimum Gasteiger partial charge on any atom is -0.494 e. The predicted octanol–water partition coefficient (Wildman–Crippen LogP) is 2.95. The Hall–Kier alpha value is -1.88. The highest BCUT2D eigenvalue weighted by molar-refractivity contribution is 5.56. The molecule has 3 rings (SSSR count). The molecule has 1 aromatic heterocycles. The lowest BCUT2D eigenvalue weighted by Gasteiger charge is -2.19. The first kappa shape index (κ1) is 13.1. The first-order valence-electron chi connectivity index (χ1n) is 7.17. The molecule has 0 spiro atoms. The van der Waals surface area contributed by atoms with Crippen LogP contribution in [-0.4, -0.2) is 23.3 Å². The van der Waals surface area contributed by atoms with Crippen LogP contribution in [0.1, 0.15) is 38.1 Å². The lowest BCUT2D eigenvalue weighted by Crippen LogP contribution is -2.26. The fourth-order valence-electron chi connectivity index (χ4n) is 2.45. The van der Waals surface area contributed by atoms with Gasteiger partial charge in [0.15, 0.2) is 0 Å². The Morgan fingerprint density at radius 2 is 2.35 bits per heavy atom. The van der Waals surface area contributed by atoms with Gasteiger partial charge in [0.1, 0.15) is 5.75 Å². The van der Waals surface area contributed by atoms with E-state index in [4.69, 9.17) is 9.26 Å². The molecule has 0 aliphatic carbocycles. The summed E-state index contributed by atoms with van der Waals surface area (Å²) in [7, 11) is 0. The summed E-state index contributed by atoms with van der Waals surface area (Å²) in [4.78, 5) is 4.51. The summed E-state index contributed by atoms with van der Waals surface area (Å²) in [6.07, 6.45) is 3.48. The topological polar surface area (TPSA) is 60.2 Å². The zero-order chi connectivity index (χ0) is 13.8. The van der Waals surface area contributed by atoms with Crippen molar-refractivity contribution >= 4 is 0 Å². The zero-order valence-corrected chi connectivity index (χ0v) is 11.6. The standard InChI is InChI=1S/C15H19N3O2/c1-2-19-12-7-5-6-11(10-12)14-17-15(20-18-14)13-8-3-4-9-16-13/h5-7,10,13,16H,2-4,8-9H2,1H3/t13-/m0/s1. The van der Waals surface area contributed by atoms with Gasteiger partial charge in [0.25, 0.3) is 0 Å². The van der Waals surface area contributed by atoms with E-state index in [0.717, 1.165) is 24.3 Å². The molecule has 1 N–H and O–H groups in total. The van der Waals surface area contributed by atoms with Crippen LogP contribution in [0.5, 0.6) is 5.75 Å². The number of aromatic nitrogens is 2. The molecule has 20 heavy (non-hydrogen) atoms. The van der Waals surface area contributed by atoms with E-state index in [-0.39, 0.29) is 6.04 Å². The molecule has 1 atom stereocenters. The highest BCUT2D eigenvalue weighted by atomic mass is 16.5. The largest absolute Gasteiger partial charge is 0.494 e. The van der Waals surface area contributed by atoms with Crippen molar-refractivity contribution < 1.29 is 9.26 Å². The highest BCUT2D eigenvalue weighted by Gasteiger charge is 2.21. The third-order valence-electron chi connectivity index (χ3n) is 3.45. The molecule has 5 heteroatoms. The molecule has 0 bridgehead atoms. The molecule has 0 unspecified atom stereocenters. The van der Waals surface area contributed by atoms with Crippen LogP contribution in [0.25, 0.3) is 11.4 Å². The van der Waals surface area contributed by atoms with Crippen molar-refractivity contribution in [3.05, 3.63) is 30.2 Å². The molecular formula is C15H19N3O2. The van der Waals surface area contributed by atoms with Crippen LogP contribution >= 0.6 is 0 Å². The summed E-state index contributed by atoms with van der Waals surface area (Å²) in [5.41, 5.74) is 0.918. The van der Waals surface area contributed by atoms with Gasteiger partial charge in [-0.2, -0.15) is 4.98 Å². The lowest BCUT2D eigenvalue weighted by molar-refractivity contribution is 0.297. The Kier molecular flexibility index (Phi) is 3.97. The molecule has 1 aromatic carbocycles. The highest BCUT2D eigenvalue weighted by Crippen LogP contribution is 2.25. The number of benzene rings is 1. The lowest BCUT2D eigenvalue weighted by atomic mass is 10.1. The molecule has 0 saturated carbocycles. The molecular weight excluding hydrogens is 254 g/mol. The van der Waals surface area contributed by atoms with Gasteiger partial charge in [0.05, 0.1) is 12.6 Å². The van der Waals surface area contributed by atoms with Crippen LogP contribution in [0.2, 0.25) is 0 Å². The number of hydrogen-bond acceptors (Lipinski definition) is 5. The van der Waals surface area contributed by atoms with Gasteiger partial charge in [-0.15, -0.1) is 0 Å². The molecule has 106 valence electrons. The molecule has 1 saturated heterocycles. The average Bonchev–Trinajstić information content (AvgIpc) is 2.99. The monoisotopic (exact) mass is 273 g/mol. The van der Waals surface area contributed by atoms with Gasteiger partial charge in [-0.1, -0.05) is 23.7 Å². The van der Waals surface area contributed by atoms with E-state index < -0.39 is 0 Å². The maximum atomic E-state index is 5.49. The Morgan fingerprint density at radius 1 is 1.40 bits per heavy atom. The molecule has 1 fully saturated rings. The van der Waals surface area contributed by atoms with Crippen LogP contribution in [-0.2, 0) is 0 Å². The van der Waals surface area contributed by atoms with Crippen molar-refractivity contribution in [2.75, 3.05) is 13.2 Å².